The first-order valence-corrected chi connectivity index (χ1v) is 18.0. The number of nitrogens with zero attached hydrogens (tertiary/aromatic N) is 1. The van der Waals surface area contributed by atoms with E-state index in [9.17, 15) is 0 Å². The molecule has 0 spiro atoms. The highest BCUT2D eigenvalue weighted by Crippen LogP contribution is 2.50. The van der Waals surface area contributed by atoms with Crippen molar-refractivity contribution in [3.05, 3.63) is 176 Å². The Morgan fingerprint density at radius 2 is 0.900 bits per heavy atom. The molecular weight excluding hydrogens is 623 g/mol. The first kappa shape index (κ1) is 27.8. The average Bonchev–Trinajstić information content (AvgIpc) is 3.54. The van der Waals surface area contributed by atoms with E-state index >= 15 is 0 Å². The quantitative estimate of drug-likeness (QED) is 0.184. The molecule has 0 atom stereocenters. The maximum absolute atomic E-state index is 2.49. The Kier molecular flexibility index (Phi) is 5.96. The molecule has 50 heavy (non-hydrogen) atoms. The van der Waals surface area contributed by atoms with Gasteiger partial charge in [-0.2, -0.15) is 0 Å². The number of rotatable bonds is 3. The molecule has 0 amide bonds. The summed E-state index contributed by atoms with van der Waals surface area (Å²) >= 11 is 1.88. The van der Waals surface area contributed by atoms with E-state index < -0.39 is 0 Å². The van der Waals surface area contributed by atoms with Crippen LogP contribution in [0.25, 0.3) is 93.2 Å². The summed E-state index contributed by atoms with van der Waals surface area (Å²) in [6, 6.07) is 64.9. The largest absolute Gasteiger partial charge is 0.308 e. The lowest BCUT2D eigenvalue weighted by Crippen LogP contribution is -1.96. The van der Waals surface area contributed by atoms with Gasteiger partial charge in [-0.3, -0.25) is 0 Å². The second-order valence-corrected chi connectivity index (χ2v) is 14.3. The number of aromatic nitrogens is 1. The van der Waals surface area contributed by atoms with E-state index in [1.54, 1.807) is 0 Å². The first-order chi connectivity index (χ1) is 24.8. The first-order valence-electron chi connectivity index (χ1n) is 17.2. The highest BCUT2D eigenvalue weighted by atomic mass is 32.2. The molecule has 9 aromatic carbocycles. The fourth-order valence-electron chi connectivity index (χ4n) is 8.37. The molecule has 2 heteroatoms. The standard InChI is InChI=1S/C48H29NS/c1-3-13-35-30(10-1)22-26-42-43-27-23-31-11-2-4-14-36(31)48(43)49(47(35)42)33-24-20-32(21-25-33)34-12-5-6-15-37(34)38-28-29-45-46-40(38)17-9-18-41(46)39-16-7-8-19-44(39)50-45/h1-29H. The maximum atomic E-state index is 2.49. The van der Waals surface area contributed by atoms with Gasteiger partial charge in [-0.05, 0) is 73.8 Å². The molecule has 0 bridgehead atoms. The van der Waals surface area contributed by atoms with Crippen LogP contribution in [-0.4, -0.2) is 4.57 Å². The van der Waals surface area contributed by atoms with Gasteiger partial charge < -0.3 is 4.57 Å². The van der Waals surface area contributed by atoms with Crippen molar-refractivity contribution in [2.45, 2.75) is 9.79 Å². The lowest BCUT2D eigenvalue weighted by atomic mass is 9.89. The summed E-state index contributed by atoms with van der Waals surface area (Å²) in [5.41, 5.74) is 11.3. The number of fused-ring (bicyclic) bond motifs is 9. The zero-order valence-electron chi connectivity index (χ0n) is 27.1. The van der Waals surface area contributed by atoms with Gasteiger partial charge in [0.1, 0.15) is 0 Å². The Morgan fingerprint density at radius 1 is 0.320 bits per heavy atom. The lowest BCUT2D eigenvalue weighted by molar-refractivity contribution is 1.19. The maximum Gasteiger partial charge on any atom is 0.0619 e. The molecular formula is C48H29NS. The van der Waals surface area contributed by atoms with E-state index in [0.717, 1.165) is 5.69 Å². The van der Waals surface area contributed by atoms with Gasteiger partial charge in [0.2, 0.25) is 0 Å². The van der Waals surface area contributed by atoms with Gasteiger partial charge in [-0.25, -0.2) is 0 Å². The Morgan fingerprint density at radius 3 is 1.62 bits per heavy atom. The molecule has 0 radical (unpaired) electrons. The van der Waals surface area contributed by atoms with E-state index in [-0.39, 0.29) is 0 Å². The SMILES string of the molecule is c1ccc2c(c1)Sc1ccc(-c3ccccc3-c3ccc(-n4c5c6ccccc6ccc5c5ccc6ccccc6c54)cc3)c3cccc-2c13. The Labute approximate surface area is 294 Å². The summed E-state index contributed by atoms with van der Waals surface area (Å²) in [5, 5.41) is 10.3. The molecule has 2 heterocycles. The third kappa shape index (κ3) is 3.97. The van der Waals surface area contributed by atoms with Crippen molar-refractivity contribution in [1.82, 2.24) is 4.57 Å². The smallest absolute Gasteiger partial charge is 0.0619 e. The van der Waals surface area contributed by atoms with Gasteiger partial charge >= 0.3 is 0 Å². The summed E-state index contributed by atoms with van der Waals surface area (Å²) in [4.78, 5) is 2.65. The van der Waals surface area contributed by atoms with Gasteiger partial charge in [-0.15, -0.1) is 0 Å². The van der Waals surface area contributed by atoms with Crippen molar-refractivity contribution >= 4 is 65.9 Å². The van der Waals surface area contributed by atoms with Crippen LogP contribution < -0.4 is 0 Å². The van der Waals surface area contributed by atoms with E-state index in [1.807, 2.05) is 11.8 Å². The molecule has 1 aromatic heterocycles. The Bertz CT molecular complexity index is 2910. The van der Waals surface area contributed by atoms with Crippen LogP contribution in [0.15, 0.2) is 186 Å². The van der Waals surface area contributed by atoms with Crippen LogP contribution in [0, 0.1) is 0 Å². The molecule has 10 aromatic rings. The average molecular weight is 652 g/mol. The minimum Gasteiger partial charge on any atom is -0.308 e. The van der Waals surface area contributed by atoms with Crippen LogP contribution in [0.5, 0.6) is 0 Å². The number of benzene rings is 9. The van der Waals surface area contributed by atoms with Crippen LogP contribution in [-0.2, 0) is 0 Å². The molecule has 0 saturated carbocycles. The predicted octanol–water partition coefficient (Wildman–Crippen LogP) is 13.7. The fraction of sp³-hybridized carbons (Fsp3) is 0. The summed E-state index contributed by atoms with van der Waals surface area (Å²) < 4.78 is 2.49. The van der Waals surface area contributed by atoms with Crippen molar-refractivity contribution < 1.29 is 0 Å². The summed E-state index contributed by atoms with van der Waals surface area (Å²) in [7, 11) is 0. The van der Waals surface area contributed by atoms with Crippen LogP contribution in [0.3, 0.4) is 0 Å². The van der Waals surface area contributed by atoms with E-state index in [0.29, 0.717) is 0 Å². The highest BCUT2D eigenvalue weighted by Gasteiger charge is 2.22. The molecule has 0 unspecified atom stereocenters. The van der Waals surface area contributed by atoms with Gasteiger partial charge in [0.15, 0.2) is 0 Å². The van der Waals surface area contributed by atoms with E-state index in [4.69, 9.17) is 0 Å². The third-order valence-corrected chi connectivity index (χ3v) is 11.7. The molecule has 0 saturated heterocycles. The van der Waals surface area contributed by atoms with Crippen molar-refractivity contribution in [3.8, 4) is 39.1 Å². The fourth-order valence-corrected chi connectivity index (χ4v) is 9.50. The predicted molar refractivity (Wildman–Crippen MR) is 214 cm³/mol. The number of hydrogen-bond donors (Lipinski definition) is 0. The van der Waals surface area contributed by atoms with Gasteiger partial charge in [0.25, 0.3) is 0 Å². The van der Waals surface area contributed by atoms with Crippen molar-refractivity contribution in [2.75, 3.05) is 0 Å². The van der Waals surface area contributed by atoms with Crippen LogP contribution in [0.2, 0.25) is 0 Å². The summed E-state index contributed by atoms with van der Waals surface area (Å²) in [6.07, 6.45) is 0. The highest BCUT2D eigenvalue weighted by molar-refractivity contribution is 7.99. The zero-order chi connectivity index (χ0) is 32.8. The molecule has 11 rings (SSSR count). The van der Waals surface area contributed by atoms with Gasteiger partial charge in [0, 0.05) is 42.4 Å². The van der Waals surface area contributed by atoms with Crippen LogP contribution >= 0.6 is 11.8 Å². The molecule has 0 N–H and O–H groups in total. The second kappa shape index (κ2) is 10.7. The normalized spacial score (nSPS) is 12.3. The minimum atomic E-state index is 1.16. The molecule has 232 valence electrons. The topological polar surface area (TPSA) is 4.93 Å². The van der Waals surface area contributed by atoms with Crippen molar-refractivity contribution in [1.29, 1.82) is 0 Å². The molecule has 1 nitrogen and oxygen atoms in total. The minimum absolute atomic E-state index is 1.16. The van der Waals surface area contributed by atoms with E-state index in [1.165, 1.54) is 97.3 Å². The molecule has 1 aliphatic rings. The summed E-state index contributed by atoms with van der Waals surface area (Å²) in [5.74, 6) is 0. The Balaban J connectivity index is 1.11. The molecule has 1 aliphatic heterocycles. The zero-order valence-corrected chi connectivity index (χ0v) is 27.9. The molecule has 0 fully saturated rings. The van der Waals surface area contributed by atoms with Crippen LogP contribution in [0.4, 0.5) is 0 Å². The second-order valence-electron chi connectivity index (χ2n) is 13.2. The lowest BCUT2D eigenvalue weighted by Gasteiger charge is -2.22. The molecule has 0 aliphatic carbocycles. The summed E-state index contributed by atoms with van der Waals surface area (Å²) in [6.45, 7) is 0. The van der Waals surface area contributed by atoms with E-state index in [2.05, 4.69) is 180 Å². The van der Waals surface area contributed by atoms with Crippen LogP contribution in [0.1, 0.15) is 0 Å². The van der Waals surface area contributed by atoms with Gasteiger partial charge in [0.05, 0.1) is 11.0 Å². The van der Waals surface area contributed by atoms with Crippen molar-refractivity contribution in [3.63, 3.8) is 0 Å². The van der Waals surface area contributed by atoms with Gasteiger partial charge in [-0.1, -0.05) is 163 Å². The monoisotopic (exact) mass is 651 g/mol. The van der Waals surface area contributed by atoms with Crippen molar-refractivity contribution in [2.24, 2.45) is 0 Å². The third-order valence-electron chi connectivity index (χ3n) is 10.6. The Hall–Kier alpha value is -6.09. The number of hydrogen-bond acceptors (Lipinski definition) is 1.